The molecule has 0 saturated carbocycles. The van der Waals surface area contributed by atoms with Crippen LogP contribution in [0.15, 0.2) is 60.7 Å². The fourth-order valence-corrected chi connectivity index (χ4v) is 4.06. The smallest absolute Gasteiger partial charge is 0.257 e. The molecule has 7 nitrogen and oxygen atoms in total. The summed E-state index contributed by atoms with van der Waals surface area (Å²) < 4.78 is 8.28. The highest BCUT2D eigenvalue weighted by molar-refractivity contribution is 7.80. The van der Waals surface area contributed by atoms with E-state index in [1.807, 2.05) is 30.3 Å². The SMILES string of the molecule is O=C(NC(=S)Nc1ccc(Cl)c(-c2nc3ccccc3[nH]2)c1)c1ccc2nsnc2c1. The number of halogens is 1. The van der Waals surface area contributed by atoms with E-state index in [-0.39, 0.29) is 11.0 Å². The van der Waals surface area contributed by atoms with Crippen molar-refractivity contribution in [2.75, 3.05) is 5.32 Å². The van der Waals surface area contributed by atoms with Crippen molar-refractivity contribution in [2.24, 2.45) is 0 Å². The van der Waals surface area contributed by atoms with Crippen molar-refractivity contribution in [3.05, 3.63) is 71.2 Å². The molecule has 152 valence electrons. The maximum absolute atomic E-state index is 12.5. The van der Waals surface area contributed by atoms with Gasteiger partial charge in [-0.1, -0.05) is 23.7 Å². The number of H-pyrrole nitrogens is 1. The minimum Gasteiger partial charge on any atom is -0.338 e. The summed E-state index contributed by atoms with van der Waals surface area (Å²) in [5, 5.41) is 6.41. The number of imidazole rings is 1. The number of carbonyl (C=O) groups is 1. The van der Waals surface area contributed by atoms with Crippen molar-refractivity contribution in [1.82, 2.24) is 24.0 Å². The number of aromatic nitrogens is 4. The average molecular weight is 465 g/mol. The van der Waals surface area contributed by atoms with Gasteiger partial charge >= 0.3 is 0 Å². The lowest BCUT2D eigenvalue weighted by atomic mass is 10.2. The highest BCUT2D eigenvalue weighted by Crippen LogP contribution is 2.30. The standard InChI is InChI=1S/C21H13ClN6OS2/c22-14-7-6-12(10-13(14)19-24-15-3-1-2-4-16(15)25-19)23-21(30)26-20(29)11-5-8-17-18(9-11)28-31-27-17/h1-10H,(H,24,25)(H2,23,26,29,30). The molecule has 0 atom stereocenters. The molecule has 5 aromatic rings. The van der Waals surface area contributed by atoms with E-state index in [1.54, 1.807) is 30.3 Å². The van der Waals surface area contributed by atoms with Gasteiger partial charge in [0.1, 0.15) is 16.9 Å². The fraction of sp³-hybridized carbons (Fsp3) is 0. The van der Waals surface area contributed by atoms with Crippen molar-refractivity contribution in [1.29, 1.82) is 0 Å². The molecule has 0 saturated heterocycles. The summed E-state index contributed by atoms with van der Waals surface area (Å²) in [6, 6.07) is 18.2. The predicted molar refractivity (Wildman–Crippen MR) is 128 cm³/mol. The van der Waals surface area contributed by atoms with Gasteiger partial charge in [-0.05, 0) is 60.7 Å². The monoisotopic (exact) mass is 464 g/mol. The van der Waals surface area contributed by atoms with Crippen molar-refractivity contribution in [3.8, 4) is 11.4 Å². The summed E-state index contributed by atoms with van der Waals surface area (Å²) in [5.41, 5.74) is 5.03. The van der Waals surface area contributed by atoms with Crippen molar-refractivity contribution in [2.45, 2.75) is 0 Å². The summed E-state index contributed by atoms with van der Waals surface area (Å²) in [6.07, 6.45) is 0. The van der Waals surface area contributed by atoms with Gasteiger partial charge in [0, 0.05) is 16.8 Å². The summed E-state index contributed by atoms with van der Waals surface area (Å²) in [6.45, 7) is 0. The van der Waals surface area contributed by atoms with Gasteiger partial charge < -0.3 is 10.3 Å². The van der Waals surface area contributed by atoms with Gasteiger partial charge in [0.2, 0.25) is 0 Å². The lowest BCUT2D eigenvalue weighted by Crippen LogP contribution is -2.34. The zero-order chi connectivity index (χ0) is 21.4. The number of para-hydroxylation sites is 2. The normalized spacial score (nSPS) is 11.0. The van der Waals surface area contributed by atoms with Crippen LogP contribution >= 0.6 is 35.5 Å². The van der Waals surface area contributed by atoms with Crippen LogP contribution < -0.4 is 10.6 Å². The molecule has 1 amide bonds. The second-order valence-electron chi connectivity index (χ2n) is 6.67. The number of carbonyl (C=O) groups excluding carboxylic acids is 1. The number of benzene rings is 3. The highest BCUT2D eigenvalue weighted by Gasteiger charge is 2.13. The molecule has 2 aromatic heterocycles. The van der Waals surface area contributed by atoms with Crippen molar-refractivity contribution < 1.29 is 4.79 Å². The van der Waals surface area contributed by atoms with Crippen LogP contribution in [0.2, 0.25) is 5.02 Å². The van der Waals surface area contributed by atoms with Gasteiger partial charge in [0.05, 0.1) is 27.8 Å². The molecule has 0 spiro atoms. The van der Waals surface area contributed by atoms with Gasteiger partial charge in [0.25, 0.3) is 5.91 Å². The Labute approximate surface area is 190 Å². The first kappa shape index (κ1) is 19.6. The first-order chi connectivity index (χ1) is 15.1. The van der Waals surface area contributed by atoms with Crippen LogP contribution in [0, 0.1) is 0 Å². The Morgan fingerprint density at radius 2 is 1.84 bits per heavy atom. The van der Waals surface area contributed by atoms with E-state index in [9.17, 15) is 4.79 Å². The number of amides is 1. The van der Waals surface area contributed by atoms with Crippen molar-refractivity contribution in [3.63, 3.8) is 0 Å². The van der Waals surface area contributed by atoms with Gasteiger partial charge in [-0.2, -0.15) is 8.75 Å². The summed E-state index contributed by atoms with van der Waals surface area (Å²) in [5.74, 6) is 0.314. The Morgan fingerprint density at radius 1 is 1.00 bits per heavy atom. The molecule has 0 fully saturated rings. The Balaban J connectivity index is 1.34. The number of hydrogen-bond acceptors (Lipinski definition) is 6. The molecule has 10 heteroatoms. The van der Waals surface area contributed by atoms with Crippen LogP contribution in [0.5, 0.6) is 0 Å². The molecule has 0 aliphatic rings. The minimum absolute atomic E-state index is 0.166. The van der Waals surface area contributed by atoms with Crippen LogP contribution in [0.25, 0.3) is 33.5 Å². The lowest BCUT2D eigenvalue weighted by molar-refractivity contribution is 0.0978. The van der Waals surface area contributed by atoms with Crippen LogP contribution in [0.1, 0.15) is 10.4 Å². The second-order valence-corrected chi connectivity index (χ2v) is 8.02. The van der Waals surface area contributed by atoms with E-state index in [2.05, 4.69) is 29.3 Å². The van der Waals surface area contributed by atoms with Gasteiger partial charge in [0.15, 0.2) is 5.11 Å². The van der Waals surface area contributed by atoms with Crippen molar-refractivity contribution >= 4 is 74.3 Å². The maximum Gasteiger partial charge on any atom is 0.257 e. The quantitative estimate of drug-likeness (QED) is 0.325. The van der Waals surface area contributed by atoms with Crippen LogP contribution in [0.4, 0.5) is 5.69 Å². The number of hydrogen-bond donors (Lipinski definition) is 3. The third-order valence-electron chi connectivity index (χ3n) is 4.61. The topological polar surface area (TPSA) is 95.6 Å². The van der Waals surface area contributed by atoms with Crippen LogP contribution in [-0.4, -0.2) is 29.7 Å². The largest absolute Gasteiger partial charge is 0.338 e. The number of aromatic amines is 1. The molecular weight excluding hydrogens is 452 g/mol. The zero-order valence-electron chi connectivity index (χ0n) is 15.7. The molecule has 0 aliphatic heterocycles. The van der Waals surface area contributed by atoms with E-state index >= 15 is 0 Å². The molecule has 0 unspecified atom stereocenters. The fourth-order valence-electron chi connectivity index (χ4n) is 3.13. The minimum atomic E-state index is -0.334. The molecule has 31 heavy (non-hydrogen) atoms. The lowest BCUT2D eigenvalue weighted by Gasteiger charge is -2.11. The zero-order valence-corrected chi connectivity index (χ0v) is 18.1. The number of anilines is 1. The molecule has 0 bridgehead atoms. The summed E-state index contributed by atoms with van der Waals surface area (Å²) in [4.78, 5) is 20.4. The Kier molecular flexibility index (Phi) is 5.06. The number of rotatable bonds is 3. The van der Waals surface area contributed by atoms with Crippen LogP contribution in [0.3, 0.4) is 0 Å². The number of thiocarbonyl (C=S) groups is 1. The molecule has 0 aliphatic carbocycles. The Bertz CT molecular complexity index is 1430. The maximum atomic E-state index is 12.5. The number of nitrogens with one attached hydrogen (secondary N) is 3. The predicted octanol–water partition coefficient (Wildman–Crippen LogP) is 5.01. The average Bonchev–Trinajstić information content (AvgIpc) is 3.41. The van der Waals surface area contributed by atoms with Gasteiger partial charge in [-0.3, -0.25) is 10.1 Å². The number of nitrogens with zero attached hydrogens (tertiary/aromatic N) is 3. The number of fused-ring (bicyclic) bond motifs is 2. The van der Waals surface area contributed by atoms with E-state index < -0.39 is 0 Å². The Morgan fingerprint density at radius 3 is 2.71 bits per heavy atom. The van der Waals surface area contributed by atoms with E-state index in [0.29, 0.717) is 27.6 Å². The van der Waals surface area contributed by atoms with Gasteiger partial charge in [-0.25, -0.2) is 4.98 Å². The van der Waals surface area contributed by atoms with E-state index in [4.69, 9.17) is 23.8 Å². The summed E-state index contributed by atoms with van der Waals surface area (Å²) in [7, 11) is 0. The van der Waals surface area contributed by atoms with Crippen LogP contribution in [-0.2, 0) is 0 Å². The highest BCUT2D eigenvalue weighted by atomic mass is 35.5. The third-order valence-corrected chi connectivity index (χ3v) is 5.70. The Hall–Kier alpha value is -3.40. The first-order valence-corrected chi connectivity index (χ1v) is 10.7. The molecule has 3 N–H and O–H groups in total. The summed E-state index contributed by atoms with van der Waals surface area (Å²) >= 11 is 12.8. The van der Waals surface area contributed by atoms with Gasteiger partial charge in [-0.15, -0.1) is 0 Å². The first-order valence-electron chi connectivity index (χ1n) is 9.16. The molecule has 2 heterocycles. The third kappa shape index (κ3) is 3.98. The second kappa shape index (κ2) is 8.03. The molecule has 3 aromatic carbocycles. The van der Waals surface area contributed by atoms with E-state index in [0.717, 1.165) is 33.8 Å². The van der Waals surface area contributed by atoms with E-state index in [1.165, 1.54) is 0 Å². The molecule has 5 rings (SSSR count). The molecular formula is C21H13ClN6OS2. The molecule has 0 radical (unpaired) electrons.